The maximum atomic E-state index is 13.4. The monoisotopic (exact) mass is 419 g/mol. The summed E-state index contributed by atoms with van der Waals surface area (Å²) in [4.78, 5) is 27.9. The van der Waals surface area contributed by atoms with Crippen molar-refractivity contribution in [2.24, 2.45) is 5.92 Å². The maximum absolute atomic E-state index is 13.4. The number of hydrazine groups is 1. The summed E-state index contributed by atoms with van der Waals surface area (Å²) in [5.74, 6) is -1.45. The standard InChI is InChI=1S/C20H16Cl2FN3O2/c21-12-8-13(22)10-15(9-12)26-19(27)16-17(11-2-4-14(23)5-3-11)24-6-1-7-25(24)18(16)20(26)28/h2-5,8-10,16-18H,1,6-7H2/t16-,17-,18-/m0/s1. The Kier molecular flexibility index (Phi) is 4.21. The molecule has 3 aliphatic heterocycles. The van der Waals surface area contributed by atoms with Gasteiger partial charge in [0.2, 0.25) is 5.91 Å². The minimum absolute atomic E-state index is 0.273. The van der Waals surface area contributed by atoms with Crippen molar-refractivity contribution in [1.29, 1.82) is 0 Å². The first-order chi connectivity index (χ1) is 13.5. The third-order valence-electron chi connectivity index (χ3n) is 5.72. The van der Waals surface area contributed by atoms with E-state index < -0.39 is 12.0 Å². The minimum Gasteiger partial charge on any atom is -0.274 e. The molecule has 0 saturated carbocycles. The molecular formula is C20H16Cl2FN3O2. The van der Waals surface area contributed by atoms with E-state index in [2.05, 4.69) is 5.01 Å². The van der Waals surface area contributed by atoms with E-state index in [4.69, 9.17) is 23.2 Å². The van der Waals surface area contributed by atoms with Crippen molar-refractivity contribution < 1.29 is 14.0 Å². The molecule has 0 radical (unpaired) electrons. The van der Waals surface area contributed by atoms with Crippen molar-refractivity contribution >= 4 is 40.7 Å². The van der Waals surface area contributed by atoms with E-state index in [-0.39, 0.29) is 23.7 Å². The smallest absolute Gasteiger partial charge is 0.253 e. The molecule has 3 heterocycles. The summed E-state index contributed by atoms with van der Waals surface area (Å²) in [6, 6.07) is 9.98. The van der Waals surface area contributed by atoms with Crippen LogP contribution in [-0.2, 0) is 9.59 Å². The molecule has 0 spiro atoms. The summed E-state index contributed by atoms with van der Waals surface area (Å²) in [6.45, 7) is 1.47. The average molecular weight is 420 g/mol. The quantitative estimate of drug-likeness (QED) is 0.696. The predicted molar refractivity (Wildman–Crippen MR) is 103 cm³/mol. The molecular weight excluding hydrogens is 404 g/mol. The summed E-state index contributed by atoms with van der Waals surface area (Å²) >= 11 is 12.2. The van der Waals surface area contributed by atoms with E-state index >= 15 is 0 Å². The van der Waals surface area contributed by atoms with E-state index in [0.29, 0.717) is 22.3 Å². The van der Waals surface area contributed by atoms with Crippen LogP contribution in [0.1, 0.15) is 18.0 Å². The molecule has 3 fully saturated rings. The molecule has 3 aliphatic rings. The third kappa shape index (κ3) is 2.59. The van der Waals surface area contributed by atoms with Gasteiger partial charge in [0.1, 0.15) is 11.9 Å². The summed E-state index contributed by atoms with van der Waals surface area (Å²) in [5, 5.41) is 4.79. The van der Waals surface area contributed by atoms with Gasteiger partial charge in [-0.05, 0) is 42.3 Å². The number of carbonyl (C=O) groups is 2. The van der Waals surface area contributed by atoms with Crippen LogP contribution >= 0.6 is 23.2 Å². The van der Waals surface area contributed by atoms with Gasteiger partial charge in [-0.1, -0.05) is 35.3 Å². The number of imide groups is 1. The zero-order valence-corrected chi connectivity index (χ0v) is 16.2. The van der Waals surface area contributed by atoms with E-state index in [9.17, 15) is 14.0 Å². The lowest BCUT2D eigenvalue weighted by molar-refractivity contribution is -0.126. The SMILES string of the molecule is O=C1[C@@H]2[C@@H](C(=O)N1c1cc(Cl)cc(Cl)c1)N1CCCN1[C@H]2c1ccc(F)cc1. The van der Waals surface area contributed by atoms with E-state index in [0.717, 1.165) is 18.5 Å². The van der Waals surface area contributed by atoms with E-state index in [1.807, 2.05) is 5.01 Å². The number of amides is 2. The highest BCUT2D eigenvalue weighted by Gasteiger charge is 2.62. The number of anilines is 1. The number of rotatable bonds is 2. The van der Waals surface area contributed by atoms with Crippen LogP contribution in [0.15, 0.2) is 42.5 Å². The Bertz CT molecular complexity index is 964. The molecule has 3 saturated heterocycles. The van der Waals surface area contributed by atoms with Gasteiger partial charge in [-0.3, -0.25) is 9.59 Å². The van der Waals surface area contributed by atoms with Gasteiger partial charge in [-0.2, -0.15) is 0 Å². The number of hydrogen-bond donors (Lipinski definition) is 0. The molecule has 0 aromatic heterocycles. The first-order valence-corrected chi connectivity index (χ1v) is 9.84. The highest BCUT2D eigenvalue weighted by atomic mass is 35.5. The van der Waals surface area contributed by atoms with E-state index in [1.54, 1.807) is 30.3 Å². The molecule has 2 amide bonds. The summed E-state index contributed by atoms with van der Waals surface area (Å²) < 4.78 is 13.4. The fourth-order valence-electron chi connectivity index (χ4n) is 4.70. The molecule has 0 bridgehead atoms. The largest absolute Gasteiger partial charge is 0.274 e. The van der Waals surface area contributed by atoms with Gasteiger partial charge >= 0.3 is 0 Å². The van der Waals surface area contributed by atoms with Crippen molar-refractivity contribution in [2.45, 2.75) is 18.5 Å². The lowest BCUT2D eigenvalue weighted by Crippen LogP contribution is -2.44. The molecule has 0 N–H and O–H groups in total. The Labute approximate surface area is 171 Å². The van der Waals surface area contributed by atoms with Crippen LogP contribution in [0.25, 0.3) is 0 Å². The number of nitrogens with zero attached hydrogens (tertiary/aromatic N) is 3. The van der Waals surface area contributed by atoms with Gasteiger partial charge in [-0.25, -0.2) is 19.3 Å². The van der Waals surface area contributed by atoms with Crippen molar-refractivity contribution in [3.63, 3.8) is 0 Å². The summed E-state index contributed by atoms with van der Waals surface area (Å²) in [7, 11) is 0. The van der Waals surface area contributed by atoms with Crippen LogP contribution in [0.4, 0.5) is 10.1 Å². The Morgan fingerprint density at radius 2 is 1.46 bits per heavy atom. The minimum atomic E-state index is -0.567. The molecule has 0 aliphatic carbocycles. The summed E-state index contributed by atoms with van der Waals surface area (Å²) in [5.41, 5.74) is 1.21. The zero-order valence-electron chi connectivity index (χ0n) is 14.7. The van der Waals surface area contributed by atoms with Gasteiger partial charge in [0.25, 0.3) is 5.91 Å². The van der Waals surface area contributed by atoms with Crippen LogP contribution in [0, 0.1) is 11.7 Å². The molecule has 8 heteroatoms. The Balaban J connectivity index is 1.59. The lowest BCUT2D eigenvalue weighted by atomic mass is 9.90. The Hall–Kier alpha value is -1.99. The van der Waals surface area contributed by atoms with Crippen LogP contribution in [0.3, 0.4) is 0 Å². The molecule has 28 heavy (non-hydrogen) atoms. The van der Waals surface area contributed by atoms with Gasteiger partial charge in [0.05, 0.1) is 17.6 Å². The van der Waals surface area contributed by atoms with Crippen LogP contribution in [-0.4, -0.2) is 41.0 Å². The number of benzene rings is 2. The van der Waals surface area contributed by atoms with Crippen LogP contribution in [0.5, 0.6) is 0 Å². The third-order valence-corrected chi connectivity index (χ3v) is 6.16. The lowest BCUT2D eigenvalue weighted by Gasteiger charge is -2.29. The normalized spacial score (nSPS) is 27.5. The van der Waals surface area contributed by atoms with Crippen molar-refractivity contribution in [3.05, 3.63) is 63.9 Å². The van der Waals surface area contributed by atoms with E-state index in [1.165, 1.54) is 17.0 Å². The maximum Gasteiger partial charge on any atom is 0.253 e. The highest BCUT2D eigenvalue weighted by molar-refractivity contribution is 6.35. The summed E-state index contributed by atoms with van der Waals surface area (Å²) in [6.07, 6.45) is 0.908. The second kappa shape index (κ2) is 6.52. The van der Waals surface area contributed by atoms with Gasteiger partial charge in [0.15, 0.2) is 0 Å². The van der Waals surface area contributed by atoms with Crippen molar-refractivity contribution in [3.8, 4) is 0 Å². The van der Waals surface area contributed by atoms with Crippen LogP contribution < -0.4 is 4.90 Å². The zero-order chi connectivity index (χ0) is 19.6. The fourth-order valence-corrected chi connectivity index (χ4v) is 5.21. The average Bonchev–Trinajstić information content (AvgIpc) is 3.27. The number of fused-ring (bicyclic) bond motifs is 3. The molecule has 2 aromatic carbocycles. The first kappa shape index (κ1) is 18.1. The number of halogens is 3. The molecule has 3 atom stereocenters. The molecule has 2 aromatic rings. The van der Waals surface area contributed by atoms with Gasteiger partial charge < -0.3 is 0 Å². The van der Waals surface area contributed by atoms with Crippen molar-refractivity contribution in [2.75, 3.05) is 18.0 Å². The molecule has 5 nitrogen and oxygen atoms in total. The number of carbonyl (C=O) groups excluding carboxylic acids is 2. The second-order valence-corrected chi connectivity index (χ2v) is 8.16. The highest BCUT2D eigenvalue weighted by Crippen LogP contribution is 2.49. The second-order valence-electron chi connectivity index (χ2n) is 7.29. The Morgan fingerprint density at radius 3 is 2.11 bits per heavy atom. The fraction of sp³-hybridized carbons (Fsp3) is 0.300. The predicted octanol–water partition coefficient (Wildman–Crippen LogP) is 3.67. The van der Waals surface area contributed by atoms with Crippen LogP contribution in [0.2, 0.25) is 10.0 Å². The van der Waals surface area contributed by atoms with Crippen molar-refractivity contribution in [1.82, 2.24) is 10.0 Å². The van der Waals surface area contributed by atoms with Gasteiger partial charge in [-0.15, -0.1) is 0 Å². The topological polar surface area (TPSA) is 43.9 Å². The molecule has 144 valence electrons. The van der Waals surface area contributed by atoms with Gasteiger partial charge in [0, 0.05) is 23.1 Å². The molecule has 5 rings (SSSR count). The number of hydrogen-bond acceptors (Lipinski definition) is 4. The molecule has 0 unspecified atom stereocenters. The first-order valence-electron chi connectivity index (χ1n) is 9.08. The Morgan fingerprint density at radius 1 is 0.857 bits per heavy atom.